The van der Waals surface area contributed by atoms with E-state index in [2.05, 4.69) is 111 Å². The van der Waals surface area contributed by atoms with Crippen molar-refractivity contribution >= 4 is 23.6 Å². The van der Waals surface area contributed by atoms with Crippen LogP contribution in [-0.2, 0) is 0 Å². The van der Waals surface area contributed by atoms with E-state index in [0.717, 1.165) is 18.7 Å². The molecule has 29 heavy (non-hydrogen) atoms. The number of halogens is 1. The molecular weight excluding hydrogens is 378 g/mol. The van der Waals surface area contributed by atoms with Crippen molar-refractivity contribution in [1.82, 2.24) is 4.90 Å². The van der Waals surface area contributed by atoms with Crippen LogP contribution in [-0.4, -0.2) is 32.1 Å². The molecule has 0 aromatic heterocycles. The van der Waals surface area contributed by atoms with E-state index in [0.29, 0.717) is 6.61 Å². The van der Waals surface area contributed by atoms with Gasteiger partial charge in [0.15, 0.2) is 0 Å². The molecule has 0 fully saturated rings. The molecule has 152 valence electrons. The first-order valence-electron chi connectivity index (χ1n) is 9.91. The highest BCUT2D eigenvalue weighted by Crippen LogP contribution is 2.34. The molecule has 0 radical (unpaired) electrons. The molecule has 0 saturated carbocycles. The molecule has 3 aromatic rings. The van der Waals surface area contributed by atoms with Crippen LogP contribution in [0, 0.1) is 0 Å². The smallest absolute Gasteiger partial charge is 0.119 e. The van der Waals surface area contributed by atoms with E-state index in [1.54, 1.807) is 0 Å². The molecule has 3 aromatic carbocycles. The van der Waals surface area contributed by atoms with Crippen LogP contribution in [0.3, 0.4) is 0 Å². The number of allylic oxidation sites excluding steroid dienone is 1. The summed E-state index contributed by atoms with van der Waals surface area (Å²) in [5.74, 6) is 0.913. The van der Waals surface area contributed by atoms with Crippen molar-refractivity contribution in [3.63, 3.8) is 0 Å². The average Bonchev–Trinajstić information content (AvgIpc) is 2.73. The maximum atomic E-state index is 5.87. The molecule has 0 aliphatic rings. The van der Waals surface area contributed by atoms with Gasteiger partial charge >= 0.3 is 0 Å². The molecule has 0 saturated heterocycles. The van der Waals surface area contributed by atoms with Crippen molar-refractivity contribution in [2.75, 3.05) is 27.2 Å². The Hall–Kier alpha value is -2.55. The van der Waals surface area contributed by atoms with E-state index in [4.69, 9.17) is 4.74 Å². The van der Waals surface area contributed by atoms with Crippen molar-refractivity contribution in [1.29, 1.82) is 0 Å². The predicted octanol–water partition coefficient (Wildman–Crippen LogP) is 6.42. The summed E-state index contributed by atoms with van der Waals surface area (Å²) in [7, 11) is 4.11. The molecule has 0 atom stereocenters. The second-order valence-corrected chi connectivity index (χ2v) is 7.12. The maximum Gasteiger partial charge on any atom is 0.119 e. The van der Waals surface area contributed by atoms with Crippen molar-refractivity contribution in [2.24, 2.45) is 0 Å². The zero-order valence-electron chi connectivity index (χ0n) is 17.5. The van der Waals surface area contributed by atoms with Gasteiger partial charge in [0, 0.05) is 6.54 Å². The molecule has 0 aliphatic heterocycles. The number of hydrogen-bond donors (Lipinski definition) is 0. The molecule has 0 aliphatic carbocycles. The number of rotatable bonds is 8. The van der Waals surface area contributed by atoms with E-state index in [1.807, 2.05) is 0 Å². The van der Waals surface area contributed by atoms with Crippen LogP contribution < -0.4 is 4.74 Å². The number of ether oxygens (including phenoxy) is 1. The first-order chi connectivity index (χ1) is 13.7. The molecule has 0 unspecified atom stereocenters. The lowest BCUT2D eigenvalue weighted by molar-refractivity contribution is 0.261. The van der Waals surface area contributed by atoms with Gasteiger partial charge in [0.25, 0.3) is 0 Å². The molecule has 3 heteroatoms. The van der Waals surface area contributed by atoms with Crippen molar-refractivity contribution < 1.29 is 4.74 Å². The van der Waals surface area contributed by atoms with E-state index in [1.165, 1.54) is 27.8 Å². The monoisotopic (exact) mass is 407 g/mol. The fourth-order valence-corrected chi connectivity index (χ4v) is 3.35. The van der Waals surface area contributed by atoms with Gasteiger partial charge in [-0.2, -0.15) is 0 Å². The summed E-state index contributed by atoms with van der Waals surface area (Å²) in [6, 6.07) is 29.8. The summed E-state index contributed by atoms with van der Waals surface area (Å²) in [5, 5.41) is 0. The molecule has 0 spiro atoms. The highest BCUT2D eigenvalue weighted by Gasteiger charge is 2.12. The Morgan fingerprint density at radius 3 is 1.76 bits per heavy atom. The zero-order chi connectivity index (χ0) is 19.8. The number of likely N-dealkylation sites (N-methyl/N-ethyl adjacent to an activating group) is 1. The van der Waals surface area contributed by atoms with Crippen molar-refractivity contribution in [3.05, 3.63) is 102 Å². The normalized spacial score (nSPS) is 11.6. The van der Waals surface area contributed by atoms with Crippen LogP contribution in [0.5, 0.6) is 5.75 Å². The fraction of sp³-hybridized carbons (Fsp3) is 0.231. The lowest BCUT2D eigenvalue weighted by Crippen LogP contribution is -2.19. The summed E-state index contributed by atoms with van der Waals surface area (Å²) in [5.41, 5.74) is 6.37. The maximum absolute atomic E-state index is 5.87. The van der Waals surface area contributed by atoms with E-state index < -0.39 is 0 Å². The number of nitrogens with zero attached hydrogens (tertiary/aromatic N) is 1. The zero-order valence-corrected chi connectivity index (χ0v) is 18.3. The third kappa shape index (κ3) is 6.22. The summed E-state index contributed by atoms with van der Waals surface area (Å²) >= 11 is 0. The highest BCUT2D eigenvalue weighted by atomic mass is 35.5. The van der Waals surface area contributed by atoms with Crippen LogP contribution in [0.2, 0.25) is 0 Å². The van der Waals surface area contributed by atoms with Gasteiger partial charge in [-0.05, 0) is 60.5 Å². The Balaban J connectivity index is 0.00000300. The number of benzene rings is 3. The van der Waals surface area contributed by atoms with Gasteiger partial charge in [-0.25, -0.2) is 0 Å². The fourth-order valence-electron chi connectivity index (χ4n) is 3.35. The molecule has 0 heterocycles. The molecule has 0 N–H and O–H groups in total. The van der Waals surface area contributed by atoms with Crippen LogP contribution in [0.25, 0.3) is 11.1 Å². The van der Waals surface area contributed by atoms with Gasteiger partial charge in [-0.15, -0.1) is 12.4 Å². The van der Waals surface area contributed by atoms with Crippen LogP contribution >= 0.6 is 12.4 Å². The largest absolute Gasteiger partial charge is 0.492 e. The Bertz CT molecular complexity index is 887. The minimum absolute atomic E-state index is 0. The lowest BCUT2D eigenvalue weighted by Gasteiger charge is -2.17. The molecule has 3 rings (SSSR count). The topological polar surface area (TPSA) is 12.5 Å². The summed E-state index contributed by atoms with van der Waals surface area (Å²) in [4.78, 5) is 2.12. The quantitative estimate of drug-likeness (QED) is 0.399. The lowest BCUT2D eigenvalue weighted by atomic mass is 9.88. The van der Waals surface area contributed by atoms with Gasteiger partial charge in [-0.1, -0.05) is 79.7 Å². The second kappa shape index (κ2) is 11.5. The molecule has 0 bridgehead atoms. The van der Waals surface area contributed by atoms with Crippen molar-refractivity contribution in [3.8, 4) is 5.75 Å². The van der Waals surface area contributed by atoms with Crippen LogP contribution in [0.4, 0.5) is 0 Å². The van der Waals surface area contributed by atoms with Crippen molar-refractivity contribution in [2.45, 2.75) is 13.3 Å². The van der Waals surface area contributed by atoms with Gasteiger partial charge < -0.3 is 9.64 Å². The number of hydrogen-bond acceptors (Lipinski definition) is 2. The average molecular weight is 408 g/mol. The minimum Gasteiger partial charge on any atom is -0.492 e. The Morgan fingerprint density at radius 2 is 1.24 bits per heavy atom. The molecule has 0 amide bonds. The Labute approximate surface area is 181 Å². The van der Waals surface area contributed by atoms with E-state index >= 15 is 0 Å². The predicted molar refractivity (Wildman–Crippen MR) is 127 cm³/mol. The van der Waals surface area contributed by atoms with Gasteiger partial charge in [-0.3, -0.25) is 0 Å². The summed E-state index contributed by atoms with van der Waals surface area (Å²) in [6.07, 6.45) is 0.968. The van der Waals surface area contributed by atoms with Gasteiger partial charge in [0.2, 0.25) is 0 Å². The minimum atomic E-state index is 0. The Kier molecular flexibility index (Phi) is 8.98. The standard InChI is InChI=1S/C26H29NO.ClH/c1-4-25(21-11-7-5-8-12-21)26(22-13-9-6-10-14-22)23-15-17-24(18-16-23)28-20-19-27(2)3;/h5-18H,4,19-20H2,1-3H3;1H/b26-25+;. The summed E-state index contributed by atoms with van der Waals surface area (Å²) < 4.78 is 5.87. The third-order valence-corrected chi connectivity index (χ3v) is 4.79. The van der Waals surface area contributed by atoms with E-state index in [9.17, 15) is 0 Å². The summed E-state index contributed by atoms with van der Waals surface area (Å²) in [6.45, 7) is 3.83. The van der Waals surface area contributed by atoms with Gasteiger partial charge in [0.05, 0.1) is 0 Å². The third-order valence-electron chi connectivity index (χ3n) is 4.79. The molecular formula is C26H30ClNO. The Morgan fingerprint density at radius 1 is 0.724 bits per heavy atom. The van der Waals surface area contributed by atoms with E-state index in [-0.39, 0.29) is 12.4 Å². The second-order valence-electron chi connectivity index (χ2n) is 7.12. The SMILES string of the molecule is CC/C(=C(/c1ccccc1)c1ccc(OCCN(C)C)cc1)c1ccccc1.Cl. The van der Waals surface area contributed by atoms with Crippen LogP contribution in [0.15, 0.2) is 84.9 Å². The first-order valence-corrected chi connectivity index (χ1v) is 9.91. The first kappa shape index (κ1) is 22.7. The highest BCUT2D eigenvalue weighted by molar-refractivity contribution is 5.98. The molecule has 2 nitrogen and oxygen atoms in total. The van der Waals surface area contributed by atoms with Crippen LogP contribution in [0.1, 0.15) is 30.0 Å². The van der Waals surface area contributed by atoms with Gasteiger partial charge in [0.1, 0.15) is 12.4 Å².